The predicted molar refractivity (Wildman–Crippen MR) is 88.8 cm³/mol. The van der Waals surface area contributed by atoms with Crippen molar-refractivity contribution in [3.05, 3.63) is 29.3 Å². The van der Waals surface area contributed by atoms with Crippen molar-refractivity contribution in [3.63, 3.8) is 0 Å². The molecule has 1 heterocycles. The number of nitrogens with one attached hydrogen (secondary N) is 2. The fourth-order valence-corrected chi connectivity index (χ4v) is 3.25. The van der Waals surface area contributed by atoms with Crippen LogP contribution in [-0.2, 0) is 6.42 Å². The van der Waals surface area contributed by atoms with E-state index in [4.69, 9.17) is 0 Å². The summed E-state index contributed by atoms with van der Waals surface area (Å²) in [6.07, 6.45) is 2.20. The van der Waals surface area contributed by atoms with E-state index in [1.54, 1.807) is 0 Å². The highest BCUT2D eigenvalue weighted by atomic mass is 16.1. The SMILES string of the molecule is CC(C)C(CNC(=O)c1cccc2c1NCCC2)C(C)C. The molecule has 1 aromatic carbocycles. The van der Waals surface area contributed by atoms with Crippen molar-refractivity contribution in [2.24, 2.45) is 17.8 Å². The third-order valence-electron chi connectivity index (χ3n) is 4.53. The van der Waals surface area contributed by atoms with Crippen LogP contribution < -0.4 is 10.6 Å². The van der Waals surface area contributed by atoms with E-state index >= 15 is 0 Å². The third-order valence-corrected chi connectivity index (χ3v) is 4.53. The van der Waals surface area contributed by atoms with Gasteiger partial charge in [0.05, 0.1) is 11.3 Å². The van der Waals surface area contributed by atoms with Crippen LogP contribution in [-0.4, -0.2) is 19.0 Å². The maximum atomic E-state index is 12.5. The molecule has 0 unspecified atom stereocenters. The molecule has 1 aromatic rings. The van der Waals surface area contributed by atoms with Crippen molar-refractivity contribution in [1.29, 1.82) is 0 Å². The zero-order chi connectivity index (χ0) is 15.4. The second-order valence-corrected chi connectivity index (χ2v) is 6.73. The second kappa shape index (κ2) is 6.97. The van der Waals surface area contributed by atoms with Gasteiger partial charge in [0, 0.05) is 13.1 Å². The first kappa shape index (κ1) is 15.9. The van der Waals surface area contributed by atoms with Crippen molar-refractivity contribution in [1.82, 2.24) is 5.32 Å². The number of hydrogen-bond acceptors (Lipinski definition) is 2. The normalized spacial score (nSPS) is 14.2. The number of amides is 1. The number of fused-ring (bicyclic) bond motifs is 1. The first-order chi connectivity index (χ1) is 10.0. The van der Waals surface area contributed by atoms with Crippen molar-refractivity contribution in [2.75, 3.05) is 18.4 Å². The van der Waals surface area contributed by atoms with Gasteiger partial charge in [0.2, 0.25) is 0 Å². The molecule has 2 N–H and O–H groups in total. The van der Waals surface area contributed by atoms with Gasteiger partial charge in [0.1, 0.15) is 0 Å². The lowest BCUT2D eigenvalue weighted by Crippen LogP contribution is -2.34. The lowest BCUT2D eigenvalue weighted by atomic mass is 9.85. The fourth-order valence-electron chi connectivity index (χ4n) is 3.25. The van der Waals surface area contributed by atoms with Gasteiger partial charge in [0.25, 0.3) is 5.91 Å². The fraction of sp³-hybridized carbons (Fsp3) is 0.611. The summed E-state index contributed by atoms with van der Waals surface area (Å²) < 4.78 is 0. The van der Waals surface area contributed by atoms with Gasteiger partial charge >= 0.3 is 0 Å². The Morgan fingerprint density at radius 3 is 2.62 bits per heavy atom. The molecule has 116 valence electrons. The number of para-hydroxylation sites is 1. The van der Waals surface area contributed by atoms with Gasteiger partial charge in [0.15, 0.2) is 0 Å². The molecular formula is C18H28N2O. The molecule has 0 saturated heterocycles. The average Bonchev–Trinajstić information content (AvgIpc) is 2.46. The van der Waals surface area contributed by atoms with Crippen LogP contribution >= 0.6 is 0 Å². The molecule has 3 heteroatoms. The topological polar surface area (TPSA) is 41.1 Å². The molecule has 21 heavy (non-hydrogen) atoms. The molecule has 1 amide bonds. The number of carbonyl (C=O) groups is 1. The van der Waals surface area contributed by atoms with Gasteiger partial charge in [-0.1, -0.05) is 39.8 Å². The second-order valence-electron chi connectivity index (χ2n) is 6.73. The molecule has 1 aliphatic heterocycles. The summed E-state index contributed by atoms with van der Waals surface area (Å²) in [6.45, 7) is 10.6. The minimum absolute atomic E-state index is 0.0487. The van der Waals surface area contributed by atoms with Crippen LogP contribution in [0.4, 0.5) is 5.69 Å². The van der Waals surface area contributed by atoms with E-state index in [-0.39, 0.29) is 5.91 Å². The summed E-state index contributed by atoms with van der Waals surface area (Å²) in [6, 6.07) is 6.03. The summed E-state index contributed by atoms with van der Waals surface area (Å²) in [5.41, 5.74) is 3.09. The maximum absolute atomic E-state index is 12.5. The Kier molecular flexibility index (Phi) is 5.27. The number of carbonyl (C=O) groups excluding carboxylic acids is 1. The number of rotatable bonds is 5. The van der Waals surface area contributed by atoms with Crippen LogP contribution in [0.2, 0.25) is 0 Å². The summed E-state index contributed by atoms with van der Waals surface area (Å²) in [5.74, 6) is 1.72. The smallest absolute Gasteiger partial charge is 0.253 e. The quantitative estimate of drug-likeness (QED) is 0.867. The number of benzene rings is 1. The largest absolute Gasteiger partial charge is 0.384 e. The van der Waals surface area contributed by atoms with Crippen LogP contribution in [0.5, 0.6) is 0 Å². The maximum Gasteiger partial charge on any atom is 0.253 e. The lowest BCUT2D eigenvalue weighted by molar-refractivity contribution is 0.0938. The molecule has 0 aromatic heterocycles. The van der Waals surface area contributed by atoms with E-state index < -0.39 is 0 Å². The molecule has 0 aliphatic carbocycles. The zero-order valence-electron chi connectivity index (χ0n) is 13.7. The van der Waals surface area contributed by atoms with Gasteiger partial charge in [-0.2, -0.15) is 0 Å². The Bertz CT molecular complexity index is 486. The predicted octanol–water partition coefficient (Wildman–Crippen LogP) is 3.70. The molecule has 1 aliphatic rings. The highest BCUT2D eigenvalue weighted by molar-refractivity contribution is 6.00. The van der Waals surface area contributed by atoms with Gasteiger partial charge in [-0.05, 0) is 42.2 Å². The Morgan fingerprint density at radius 2 is 1.95 bits per heavy atom. The molecule has 0 bridgehead atoms. The van der Waals surface area contributed by atoms with Gasteiger partial charge in [-0.3, -0.25) is 4.79 Å². The van der Waals surface area contributed by atoms with E-state index in [9.17, 15) is 4.79 Å². The highest BCUT2D eigenvalue weighted by Crippen LogP contribution is 2.26. The summed E-state index contributed by atoms with van der Waals surface area (Å²) in [4.78, 5) is 12.5. The molecule has 0 fully saturated rings. The zero-order valence-corrected chi connectivity index (χ0v) is 13.7. The van der Waals surface area contributed by atoms with E-state index in [0.29, 0.717) is 17.8 Å². The van der Waals surface area contributed by atoms with Crippen LogP contribution in [0.3, 0.4) is 0 Å². The van der Waals surface area contributed by atoms with Gasteiger partial charge < -0.3 is 10.6 Å². The molecule has 0 atom stereocenters. The number of hydrogen-bond donors (Lipinski definition) is 2. The van der Waals surface area contributed by atoms with Gasteiger partial charge in [-0.15, -0.1) is 0 Å². The van der Waals surface area contributed by atoms with E-state index in [0.717, 1.165) is 37.2 Å². The summed E-state index contributed by atoms with van der Waals surface area (Å²) in [5, 5.41) is 6.52. The molecule has 0 spiro atoms. The Labute approximate surface area is 128 Å². The highest BCUT2D eigenvalue weighted by Gasteiger charge is 2.21. The first-order valence-corrected chi connectivity index (χ1v) is 8.14. The van der Waals surface area contributed by atoms with Crippen molar-refractivity contribution in [3.8, 4) is 0 Å². The number of anilines is 1. The minimum atomic E-state index is 0.0487. The molecule has 3 nitrogen and oxygen atoms in total. The standard InChI is InChI=1S/C18H28N2O/c1-12(2)16(13(3)4)11-20-18(21)15-9-5-7-14-8-6-10-19-17(14)15/h5,7,9,12-13,16,19H,6,8,10-11H2,1-4H3,(H,20,21). The van der Waals surface area contributed by atoms with E-state index in [1.807, 2.05) is 12.1 Å². The van der Waals surface area contributed by atoms with Crippen LogP contribution in [0.1, 0.15) is 50.0 Å². The lowest BCUT2D eigenvalue weighted by Gasteiger charge is -2.26. The Morgan fingerprint density at radius 1 is 1.24 bits per heavy atom. The minimum Gasteiger partial charge on any atom is -0.384 e. The van der Waals surface area contributed by atoms with E-state index in [1.165, 1.54) is 5.56 Å². The summed E-state index contributed by atoms with van der Waals surface area (Å²) >= 11 is 0. The molecule has 0 radical (unpaired) electrons. The molecular weight excluding hydrogens is 260 g/mol. The van der Waals surface area contributed by atoms with Crippen molar-refractivity contribution in [2.45, 2.75) is 40.5 Å². The molecule has 2 rings (SSSR count). The van der Waals surface area contributed by atoms with Crippen molar-refractivity contribution < 1.29 is 4.79 Å². The first-order valence-electron chi connectivity index (χ1n) is 8.14. The third kappa shape index (κ3) is 3.78. The van der Waals surface area contributed by atoms with Crippen LogP contribution in [0, 0.1) is 17.8 Å². The summed E-state index contributed by atoms with van der Waals surface area (Å²) in [7, 11) is 0. The molecule has 0 saturated carbocycles. The van der Waals surface area contributed by atoms with Crippen molar-refractivity contribution >= 4 is 11.6 Å². The monoisotopic (exact) mass is 288 g/mol. The Balaban J connectivity index is 2.07. The Hall–Kier alpha value is -1.51. The van der Waals surface area contributed by atoms with Gasteiger partial charge in [-0.25, -0.2) is 0 Å². The average molecular weight is 288 g/mol. The van der Waals surface area contributed by atoms with E-state index in [2.05, 4.69) is 44.4 Å². The number of aryl methyl sites for hydroxylation is 1. The van der Waals surface area contributed by atoms with Crippen LogP contribution in [0.15, 0.2) is 18.2 Å². The van der Waals surface area contributed by atoms with Crippen LogP contribution in [0.25, 0.3) is 0 Å².